The molecule has 4 nitrogen and oxygen atoms in total. The van der Waals surface area contributed by atoms with E-state index in [0.717, 1.165) is 17.2 Å². The molecule has 0 bridgehead atoms. The van der Waals surface area contributed by atoms with Crippen molar-refractivity contribution in [2.24, 2.45) is 0 Å². The summed E-state index contributed by atoms with van der Waals surface area (Å²) >= 11 is 5.38. The van der Waals surface area contributed by atoms with Crippen LogP contribution in [0, 0.1) is 13.8 Å². The molecule has 0 saturated heterocycles. The number of aryl methyl sites for hydroxylation is 2. The quantitative estimate of drug-likeness (QED) is 0.774. The van der Waals surface area contributed by atoms with E-state index in [9.17, 15) is 0 Å². The molecule has 0 aliphatic heterocycles. The van der Waals surface area contributed by atoms with Crippen molar-refractivity contribution in [3.8, 4) is 11.5 Å². The molecule has 0 fully saturated rings. The van der Waals surface area contributed by atoms with E-state index in [2.05, 4.69) is 42.7 Å². The molecule has 0 saturated carbocycles. The molecule has 0 spiro atoms. The topological polar surface area (TPSA) is 42.5 Å². The van der Waals surface area contributed by atoms with E-state index in [1.54, 1.807) is 7.11 Å². The van der Waals surface area contributed by atoms with Crippen molar-refractivity contribution in [1.29, 1.82) is 0 Å². The highest BCUT2D eigenvalue weighted by Crippen LogP contribution is 2.25. The number of anilines is 1. The summed E-state index contributed by atoms with van der Waals surface area (Å²) in [5, 5.41) is 7.02. The zero-order chi connectivity index (χ0) is 17.5. The van der Waals surface area contributed by atoms with Gasteiger partial charge < -0.3 is 20.1 Å². The van der Waals surface area contributed by atoms with E-state index in [4.69, 9.17) is 21.7 Å². The van der Waals surface area contributed by atoms with Crippen LogP contribution in [0.1, 0.15) is 18.1 Å². The Balaban J connectivity index is 1.85. The molecule has 2 N–H and O–H groups in total. The lowest BCUT2D eigenvalue weighted by atomic mass is 10.1. The second-order valence-electron chi connectivity index (χ2n) is 5.84. The summed E-state index contributed by atoms with van der Waals surface area (Å²) in [6, 6.07) is 13.9. The molecule has 0 aliphatic carbocycles. The van der Waals surface area contributed by atoms with Crippen LogP contribution in [-0.4, -0.2) is 24.9 Å². The van der Waals surface area contributed by atoms with Crippen molar-refractivity contribution in [3.63, 3.8) is 0 Å². The molecule has 0 aliphatic rings. The average Bonchev–Trinajstić information content (AvgIpc) is 2.52. The van der Waals surface area contributed by atoms with Gasteiger partial charge in [0.1, 0.15) is 6.61 Å². The van der Waals surface area contributed by atoms with E-state index in [0.29, 0.717) is 11.7 Å². The monoisotopic (exact) mass is 344 g/mol. The fourth-order valence-corrected chi connectivity index (χ4v) is 2.75. The summed E-state index contributed by atoms with van der Waals surface area (Å²) in [6.07, 6.45) is 0. The third-order valence-corrected chi connectivity index (χ3v) is 3.63. The zero-order valence-corrected chi connectivity index (χ0v) is 15.4. The SMILES string of the molecule is COc1ccccc1OC[C@@H](C)NC(=S)Nc1cc(C)cc(C)c1. The summed E-state index contributed by atoms with van der Waals surface area (Å²) in [7, 11) is 1.63. The summed E-state index contributed by atoms with van der Waals surface area (Å²) in [6.45, 7) is 6.64. The number of thiocarbonyl (C=S) groups is 1. The van der Waals surface area contributed by atoms with Gasteiger partial charge in [0.25, 0.3) is 0 Å². The van der Waals surface area contributed by atoms with Crippen LogP contribution < -0.4 is 20.1 Å². The molecule has 5 heteroatoms. The van der Waals surface area contributed by atoms with E-state index in [-0.39, 0.29) is 6.04 Å². The lowest BCUT2D eigenvalue weighted by molar-refractivity contribution is 0.270. The highest BCUT2D eigenvalue weighted by molar-refractivity contribution is 7.80. The number of methoxy groups -OCH3 is 1. The Morgan fingerprint density at radius 1 is 1.08 bits per heavy atom. The van der Waals surface area contributed by atoms with Crippen LogP contribution in [-0.2, 0) is 0 Å². The zero-order valence-electron chi connectivity index (χ0n) is 14.6. The number of rotatable bonds is 6. The van der Waals surface area contributed by atoms with Gasteiger partial charge in [0, 0.05) is 5.69 Å². The lowest BCUT2D eigenvalue weighted by Crippen LogP contribution is -2.39. The first-order chi connectivity index (χ1) is 11.5. The molecule has 128 valence electrons. The van der Waals surface area contributed by atoms with Gasteiger partial charge in [0.2, 0.25) is 0 Å². The van der Waals surface area contributed by atoms with Gasteiger partial charge in [0.05, 0.1) is 13.2 Å². The normalized spacial score (nSPS) is 11.5. The van der Waals surface area contributed by atoms with E-state index < -0.39 is 0 Å². The second kappa shape index (κ2) is 8.55. The van der Waals surface area contributed by atoms with Crippen molar-refractivity contribution in [1.82, 2.24) is 5.32 Å². The Kier molecular flexibility index (Phi) is 6.44. The Bertz CT molecular complexity index is 683. The Morgan fingerprint density at radius 3 is 2.33 bits per heavy atom. The number of benzene rings is 2. The summed E-state index contributed by atoms with van der Waals surface area (Å²) in [4.78, 5) is 0. The van der Waals surface area contributed by atoms with Gasteiger partial charge in [-0.15, -0.1) is 0 Å². The molecule has 2 aromatic carbocycles. The molecule has 0 aromatic heterocycles. The lowest BCUT2D eigenvalue weighted by Gasteiger charge is -2.19. The van der Waals surface area contributed by atoms with Crippen LogP contribution in [0.3, 0.4) is 0 Å². The Morgan fingerprint density at radius 2 is 1.71 bits per heavy atom. The first kappa shape index (κ1) is 18.1. The first-order valence-electron chi connectivity index (χ1n) is 7.89. The molecule has 24 heavy (non-hydrogen) atoms. The molecule has 0 heterocycles. The maximum atomic E-state index is 5.80. The van der Waals surface area contributed by atoms with Crippen LogP contribution in [0.5, 0.6) is 11.5 Å². The Labute approximate surface area is 149 Å². The van der Waals surface area contributed by atoms with Crippen molar-refractivity contribution in [2.45, 2.75) is 26.8 Å². The van der Waals surface area contributed by atoms with E-state index >= 15 is 0 Å². The van der Waals surface area contributed by atoms with Crippen molar-refractivity contribution in [2.75, 3.05) is 19.0 Å². The maximum absolute atomic E-state index is 5.80. The van der Waals surface area contributed by atoms with Gasteiger partial charge in [-0.05, 0) is 68.4 Å². The number of para-hydroxylation sites is 2. The summed E-state index contributed by atoms with van der Waals surface area (Å²) < 4.78 is 11.1. The first-order valence-corrected chi connectivity index (χ1v) is 8.30. The minimum absolute atomic E-state index is 0.0563. The van der Waals surface area contributed by atoms with E-state index in [1.165, 1.54) is 11.1 Å². The van der Waals surface area contributed by atoms with Crippen LogP contribution >= 0.6 is 12.2 Å². The number of hydrogen-bond donors (Lipinski definition) is 2. The fraction of sp³-hybridized carbons (Fsp3) is 0.316. The minimum atomic E-state index is 0.0563. The second-order valence-corrected chi connectivity index (χ2v) is 6.25. The standard InChI is InChI=1S/C19H24N2O2S/c1-13-9-14(2)11-16(10-13)21-19(24)20-15(3)12-23-18-8-6-5-7-17(18)22-4/h5-11,15H,12H2,1-4H3,(H2,20,21,24)/t15-/m1/s1. The molecule has 0 unspecified atom stereocenters. The third kappa shape index (κ3) is 5.42. The van der Waals surface area contributed by atoms with Crippen molar-refractivity contribution >= 4 is 23.0 Å². The average molecular weight is 344 g/mol. The largest absolute Gasteiger partial charge is 0.493 e. The highest BCUT2D eigenvalue weighted by Gasteiger charge is 2.08. The van der Waals surface area contributed by atoms with Crippen LogP contribution in [0.2, 0.25) is 0 Å². The molecule has 2 aromatic rings. The van der Waals surface area contributed by atoms with E-state index in [1.807, 2.05) is 31.2 Å². The van der Waals surface area contributed by atoms with Gasteiger partial charge in [-0.2, -0.15) is 0 Å². The molecular weight excluding hydrogens is 320 g/mol. The highest BCUT2D eigenvalue weighted by atomic mass is 32.1. The minimum Gasteiger partial charge on any atom is -0.493 e. The molecule has 0 amide bonds. The number of ether oxygens (including phenoxy) is 2. The summed E-state index contributed by atoms with van der Waals surface area (Å²) in [5.74, 6) is 1.45. The fourth-order valence-electron chi connectivity index (χ4n) is 2.43. The Hall–Kier alpha value is -2.27. The van der Waals surface area contributed by atoms with Crippen molar-refractivity contribution in [3.05, 3.63) is 53.6 Å². The molecule has 0 radical (unpaired) electrons. The molecule has 1 atom stereocenters. The molecule has 2 rings (SSSR count). The maximum Gasteiger partial charge on any atom is 0.171 e. The molecular formula is C19H24N2O2S. The summed E-state index contributed by atoms with van der Waals surface area (Å²) in [5.41, 5.74) is 3.39. The van der Waals surface area contributed by atoms with Gasteiger partial charge in [-0.25, -0.2) is 0 Å². The van der Waals surface area contributed by atoms with Gasteiger partial charge in [0.15, 0.2) is 16.6 Å². The van der Waals surface area contributed by atoms with Crippen LogP contribution in [0.25, 0.3) is 0 Å². The van der Waals surface area contributed by atoms with Gasteiger partial charge in [-0.1, -0.05) is 18.2 Å². The predicted molar refractivity (Wildman–Crippen MR) is 103 cm³/mol. The van der Waals surface area contributed by atoms with Crippen molar-refractivity contribution < 1.29 is 9.47 Å². The van der Waals surface area contributed by atoms with Crippen LogP contribution in [0.15, 0.2) is 42.5 Å². The predicted octanol–water partition coefficient (Wildman–Crippen LogP) is 4.07. The van der Waals surface area contributed by atoms with Crippen LogP contribution in [0.4, 0.5) is 5.69 Å². The number of hydrogen-bond acceptors (Lipinski definition) is 3. The smallest absolute Gasteiger partial charge is 0.171 e. The third-order valence-electron chi connectivity index (χ3n) is 3.41. The number of nitrogens with one attached hydrogen (secondary N) is 2. The van der Waals surface area contributed by atoms with Gasteiger partial charge >= 0.3 is 0 Å². The van der Waals surface area contributed by atoms with Gasteiger partial charge in [-0.3, -0.25) is 0 Å².